The Kier molecular flexibility index (Phi) is 4.13. The molecular formula is C14H13FN4O2. The minimum Gasteiger partial charge on any atom is -0.409 e. The van der Waals surface area contributed by atoms with Gasteiger partial charge in [-0.15, -0.1) is 0 Å². The number of carbonyl (C=O) groups is 1. The number of oxime groups is 1. The van der Waals surface area contributed by atoms with Gasteiger partial charge in [-0.25, -0.2) is 4.39 Å². The van der Waals surface area contributed by atoms with Crippen LogP contribution in [0, 0.1) is 5.82 Å². The van der Waals surface area contributed by atoms with Gasteiger partial charge >= 0.3 is 0 Å². The van der Waals surface area contributed by atoms with Gasteiger partial charge in [0.2, 0.25) is 0 Å². The number of amidine groups is 1. The summed E-state index contributed by atoms with van der Waals surface area (Å²) in [5.41, 5.74) is 6.55. The zero-order valence-electron chi connectivity index (χ0n) is 11.2. The van der Waals surface area contributed by atoms with Crippen LogP contribution in [-0.4, -0.2) is 29.0 Å². The third-order valence-electron chi connectivity index (χ3n) is 2.90. The van der Waals surface area contributed by atoms with Gasteiger partial charge in [-0.2, -0.15) is 0 Å². The van der Waals surface area contributed by atoms with E-state index in [0.717, 1.165) is 0 Å². The summed E-state index contributed by atoms with van der Waals surface area (Å²) in [4.78, 5) is 17.6. The second-order valence-corrected chi connectivity index (χ2v) is 4.26. The van der Waals surface area contributed by atoms with Crippen molar-refractivity contribution in [2.75, 3.05) is 11.9 Å². The van der Waals surface area contributed by atoms with Crippen molar-refractivity contribution in [1.82, 2.24) is 4.98 Å². The average molecular weight is 288 g/mol. The highest BCUT2D eigenvalue weighted by Gasteiger charge is 2.15. The van der Waals surface area contributed by atoms with Crippen LogP contribution in [0.3, 0.4) is 0 Å². The minimum atomic E-state index is -0.374. The van der Waals surface area contributed by atoms with Crippen LogP contribution in [0.15, 0.2) is 47.8 Å². The van der Waals surface area contributed by atoms with Gasteiger partial charge in [0.25, 0.3) is 5.91 Å². The van der Waals surface area contributed by atoms with Crippen molar-refractivity contribution in [2.24, 2.45) is 10.9 Å². The normalized spacial score (nSPS) is 11.2. The lowest BCUT2D eigenvalue weighted by atomic mass is 10.2. The van der Waals surface area contributed by atoms with Gasteiger partial charge in [0.1, 0.15) is 11.5 Å². The zero-order valence-corrected chi connectivity index (χ0v) is 11.2. The van der Waals surface area contributed by atoms with E-state index in [-0.39, 0.29) is 23.3 Å². The van der Waals surface area contributed by atoms with Crippen molar-refractivity contribution in [3.8, 4) is 0 Å². The van der Waals surface area contributed by atoms with E-state index in [9.17, 15) is 9.18 Å². The molecule has 1 aromatic heterocycles. The van der Waals surface area contributed by atoms with Crippen LogP contribution in [0.2, 0.25) is 0 Å². The van der Waals surface area contributed by atoms with Gasteiger partial charge in [-0.3, -0.25) is 9.78 Å². The molecule has 0 aliphatic carbocycles. The number of pyridine rings is 1. The zero-order chi connectivity index (χ0) is 15.4. The van der Waals surface area contributed by atoms with Crippen molar-refractivity contribution in [2.45, 2.75) is 0 Å². The largest absolute Gasteiger partial charge is 0.409 e. The highest BCUT2D eigenvalue weighted by Crippen LogP contribution is 2.15. The van der Waals surface area contributed by atoms with Gasteiger partial charge in [0.15, 0.2) is 5.84 Å². The summed E-state index contributed by atoms with van der Waals surface area (Å²) in [6.45, 7) is 0. The van der Waals surface area contributed by atoms with Crippen LogP contribution in [0.5, 0.6) is 0 Å². The highest BCUT2D eigenvalue weighted by molar-refractivity contribution is 6.05. The average Bonchev–Trinajstić information content (AvgIpc) is 2.53. The SMILES string of the molecule is CN(C(=O)c1ccc(C(N)=NO)cn1)c1ccc(F)cc1. The molecule has 0 saturated heterocycles. The second kappa shape index (κ2) is 6.00. The summed E-state index contributed by atoms with van der Waals surface area (Å²) in [5.74, 6) is -0.818. The summed E-state index contributed by atoms with van der Waals surface area (Å²) < 4.78 is 12.9. The fraction of sp³-hybridized carbons (Fsp3) is 0.0714. The standard InChI is InChI=1S/C14H13FN4O2/c1-19(11-5-3-10(15)4-6-11)14(20)12-7-2-9(8-17-12)13(16)18-21/h2-8,21H,1H3,(H2,16,18). The van der Waals surface area contributed by atoms with E-state index in [1.807, 2.05) is 0 Å². The van der Waals surface area contributed by atoms with Gasteiger partial charge in [0, 0.05) is 24.5 Å². The quantitative estimate of drug-likeness (QED) is 0.388. The Balaban J connectivity index is 2.21. The molecular weight excluding hydrogens is 275 g/mol. The molecule has 3 N–H and O–H groups in total. The summed E-state index contributed by atoms with van der Waals surface area (Å²) in [6.07, 6.45) is 1.33. The monoisotopic (exact) mass is 288 g/mol. The summed E-state index contributed by atoms with van der Waals surface area (Å²) in [6, 6.07) is 8.53. The lowest BCUT2D eigenvalue weighted by molar-refractivity contribution is 0.0988. The molecule has 6 nitrogen and oxygen atoms in total. The number of nitrogens with zero attached hydrogens (tertiary/aromatic N) is 3. The molecule has 0 radical (unpaired) electrons. The van der Waals surface area contributed by atoms with Crippen molar-refractivity contribution >= 4 is 17.4 Å². The second-order valence-electron chi connectivity index (χ2n) is 4.26. The van der Waals surface area contributed by atoms with Crippen LogP contribution in [0.25, 0.3) is 0 Å². The van der Waals surface area contributed by atoms with Crippen LogP contribution >= 0.6 is 0 Å². The first-order valence-electron chi connectivity index (χ1n) is 6.00. The first-order chi connectivity index (χ1) is 10.0. The molecule has 1 amide bonds. The topological polar surface area (TPSA) is 91.8 Å². The van der Waals surface area contributed by atoms with Crippen molar-refractivity contribution in [3.63, 3.8) is 0 Å². The fourth-order valence-electron chi connectivity index (χ4n) is 1.68. The fourth-order valence-corrected chi connectivity index (χ4v) is 1.68. The van der Waals surface area contributed by atoms with E-state index < -0.39 is 0 Å². The van der Waals surface area contributed by atoms with Crippen LogP contribution in [0.1, 0.15) is 16.1 Å². The van der Waals surface area contributed by atoms with Gasteiger partial charge < -0.3 is 15.8 Å². The van der Waals surface area contributed by atoms with Crippen molar-refractivity contribution < 1.29 is 14.4 Å². The Labute approximate surface area is 120 Å². The number of nitrogens with two attached hydrogens (primary N) is 1. The van der Waals surface area contributed by atoms with Crippen LogP contribution < -0.4 is 10.6 Å². The molecule has 0 aliphatic rings. The van der Waals surface area contributed by atoms with Gasteiger partial charge in [0.05, 0.1) is 0 Å². The summed E-state index contributed by atoms with van der Waals surface area (Å²) in [5, 5.41) is 11.4. The molecule has 1 heterocycles. The Morgan fingerprint density at radius 2 is 1.95 bits per heavy atom. The molecule has 0 fully saturated rings. The maximum Gasteiger partial charge on any atom is 0.276 e. The molecule has 0 bridgehead atoms. The predicted octanol–water partition coefficient (Wildman–Crippen LogP) is 1.59. The van der Waals surface area contributed by atoms with Gasteiger partial charge in [-0.1, -0.05) is 5.16 Å². The first-order valence-corrected chi connectivity index (χ1v) is 6.00. The molecule has 21 heavy (non-hydrogen) atoms. The lowest BCUT2D eigenvalue weighted by Crippen LogP contribution is -2.27. The summed E-state index contributed by atoms with van der Waals surface area (Å²) >= 11 is 0. The Morgan fingerprint density at radius 3 is 2.48 bits per heavy atom. The number of carbonyl (C=O) groups excluding carboxylic acids is 1. The molecule has 0 unspecified atom stereocenters. The summed E-state index contributed by atoms with van der Waals surface area (Å²) in [7, 11) is 1.56. The van der Waals surface area contributed by atoms with E-state index in [0.29, 0.717) is 11.3 Å². The Morgan fingerprint density at radius 1 is 1.29 bits per heavy atom. The van der Waals surface area contributed by atoms with Gasteiger partial charge in [-0.05, 0) is 36.4 Å². The molecule has 2 aromatic rings. The molecule has 0 spiro atoms. The van der Waals surface area contributed by atoms with E-state index in [1.165, 1.54) is 47.5 Å². The van der Waals surface area contributed by atoms with E-state index in [1.54, 1.807) is 7.05 Å². The number of rotatable bonds is 3. The molecule has 2 rings (SSSR count). The number of anilines is 1. The van der Waals surface area contributed by atoms with E-state index in [4.69, 9.17) is 10.9 Å². The van der Waals surface area contributed by atoms with E-state index in [2.05, 4.69) is 10.1 Å². The number of benzene rings is 1. The molecule has 108 valence electrons. The maximum absolute atomic E-state index is 12.9. The predicted molar refractivity (Wildman–Crippen MR) is 75.9 cm³/mol. The van der Waals surface area contributed by atoms with Crippen molar-refractivity contribution in [1.29, 1.82) is 0 Å². The number of hydrogen-bond donors (Lipinski definition) is 2. The molecule has 1 aromatic carbocycles. The number of amides is 1. The molecule has 0 saturated carbocycles. The highest BCUT2D eigenvalue weighted by atomic mass is 19.1. The minimum absolute atomic E-state index is 0.0895. The number of aromatic nitrogens is 1. The number of halogens is 1. The lowest BCUT2D eigenvalue weighted by Gasteiger charge is -2.16. The Hall–Kier alpha value is -2.96. The third kappa shape index (κ3) is 3.14. The smallest absolute Gasteiger partial charge is 0.276 e. The Bertz CT molecular complexity index is 668. The maximum atomic E-state index is 12.9. The van der Waals surface area contributed by atoms with Crippen molar-refractivity contribution in [3.05, 3.63) is 59.7 Å². The molecule has 0 atom stereocenters. The van der Waals surface area contributed by atoms with Crippen LogP contribution in [0.4, 0.5) is 10.1 Å². The first kappa shape index (κ1) is 14.4. The van der Waals surface area contributed by atoms with Crippen LogP contribution in [-0.2, 0) is 0 Å². The van der Waals surface area contributed by atoms with E-state index >= 15 is 0 Å². The number of hydrogen-bond acceptors (Lipinski definition) is 4. The third-order valence-corrected chi connectivity index (χ3v) is 2.90. The molecule has 0 aliphatic heterocycles. The molecule has 7 heteroatoms.